The lowest BCUT2D eigenvalue weighted by molar-refractivity contribution is -0.120. The Morgan fingerprint density at radius 3 is 2.75 bits per heavy atom. The smallest absolute Gasteiger partial charge is 0.280 e. The molecule has 0 radical (unpaired) electrons. The number of nitrogens with zero attached hydrogens (tertiary/aromatic N) is 2. The van der Waals surface area contributed by atoms with Crippen molar-refractivity contribution in [3.8, 4) is 11.1 Å². The van der Waals surface area contributed by atoms with E-state index in [-0.39, 0.29) is 17.1 Å². The molecule has 1 aliphatic heterocycles. The van der Waals surface area contributed by atoms with Crippen LogP contribution in [0.5, 0.6) is 0 Å². The first kappa shape index (κ1) is 22.8. The van der Waals surface area contributed by atoms with Crippen molar-refractivity contribution in [2.45, 2.75) is 25.4 Å². The number of aromatic nitrogens is 1. The maximum atomic E-state index is 13.4. The molecule has 1 amide bonds. The van der Waals surface area contributed by atoms with Gasteiger partial charge in [-0.2, -0.15) is 17.4 Å². The van der Waals surface area contributed by atoms with Crippen LogP contribution < -0.4 is 10.0 Å². The summed E-state index contributed by atoms with van der Waals surface area (Å²) in [5.74, 6) is -1.13. The predicted molar refractivity (Wildman–Crippen MR) is 123 cm³/mol. The summed E-state index contributed by atoms with van der Waals surface area (Å²) in [5, 5.41) is 4.43. The minimum atomic E-state index is -3.89. The average Bonchev–Trinajstić information content (AvgIpc) is 3.23. The lowest BCUT2D eigenvalue weighted by atomic mass is 10.0. The molecule has 0 unspecified atom stereocenters. The van der Waals surface area contributed by atoms with Crippen LogP contribution in [0.3, 0.4) is 0 Å². The van der Waals surface area contributed by atoms with Crippen LogP contribution in [0.2, 0.25) is 5.02 Å². The fraction of sp³-hybridized carbons (Fsp3) is 0.238. The number of aryl methyl sites for hydroxylation is 1. The van der Waals surface area contributed by atoms with Crippen molar-refractivity contribution in [1.82, 2.24) is 14.0 Å². The zero-order valence-corrected chi connectivity index (χ0v) is 19.6. The number of nitrogens with one attached hydrogen (secondary N) is 2. The van der Waals surface area contributed by atoms with Crippen molar-refractivity contribution >= 4 is 44.7 Å². The van der Waals surface area contributed by atoms with Crippen molar-refractivity contribution in [2.75, 3.05) is 12.4 Å². The lowest BCUT2D eigenvalue weighted by Crippen LogP contribution is -2.55. The molecule has 3 aromatic rings. The molecule has 1 fully saturated rings. The van der Waals surface area contributed by atoms with Crippen LogP contribution in [0.1, 0.15) is 23.0 Å². The highest BCUT2D eigenvalue weighted by Gasteiger charge is 2.41. The van der Waals surface area contributed by atoms with Crippen molar-refractivity contribution < 1.29 is 17.6 Å². The molecule has 4 rings (SSSR count). The van der Waals surface area contributed by atoms with E-state index in [4.69, 9.17) is 11.6 Å². The second-order valence-electron chi connectivity index (χ2n) is 7.49. The van der Waals surface area contributed by atoms with Crippen LogP contribution in [0.15, 0.2) is 48.0 Å². The Morgan fingerprint density at radius 1 is 1.28 bits per heavy atom. The molecular weight excluding hydrogens is 475 g/mol. The summed E-state index contributed by atoms with van der Waals surface area (Å²) in [6, 6.07) is 8.03. The van der Waals surface area contributed by atoms with E-state index >= 15 is 0 Å². The number of rotatable bonds is 4. The van der Waals surface area contributed by atoms with Gasteiger partial charge in [0.15, 0.2) is 0 Å². The highest BCUT2D eigenvalue weighted by molar-refractivity contribution is 7.87. The molecular formula is C21H20ClFN4O3S2. The van der Waals surface area contributed by atoms with Crippen LogP contribution in [-0.2, 0) is 15.0 Å². The van der Waals surface area contributed by atoms with Gasteiger partial charge in [-0.05, 0) is 54.6 Å². The van der Waals surface area contributed by atoms with Crippen LogP contribution >= 0.6 is 22.9 Å². The molecule has 2 aromatic heterocycles. The zero-order valence-electron chi connectivity index (χ0n) is 17.2. The molecule has 2 atom stereocenters. The monoisotopic (exact) mass is 494 g/mol. The fourth-order valence-corrected chi connectivity index (χ4v) is 5.92. The number of anilines is 1. The van der Waals surface area contributed by atoms with Gasteiger partial charge in [0.05, 0.1) is 11.1 Å². The molecule has 1 saturated heterocycles. The molecule has 0 saturated carbocycles. The average molecular weight is 495 g/mol. The summed E-state index contributed by atoms with van der Waals surface area (Å²) in [7, 11) is -2.54. The molecule has 1 aromatic carbocycles. The van der Waals surface area contributed by atoms with E-state index in [2.05, 4.69) is 15.0 Å². The first-order valence-electron chi connectivity index (χ1n) is 9.67. The van der Waals surface area contributed by atoms with Crippen LogP contribution in [-0.4, -0.2) is 36.7 Å². The maximum Gasteiger partial charge on any atom is 0.280 e. The van der Waals surface area contributed by atoms with Crippen LogP contribution in [0.25, 0.3) is 11.1 Å². The number of pyridine rings is 1. The third-order valence-corrected chi connectivity index (χ3v) is 8.20. The van der Waals surface area contributed by atoms with Crippen LogP contribution in [0.4, 0.5) is 10.1 Å². The summed E-state index contributed by atoms with van der Waals surface area (Å²) in [5.41, 5.74) is 3.05. The Morgan fingerprint density at radius 2 is 2.06 bits per heavy atom. The number of benzene rings is 1. The van der Waals surface area contributed by atoms with E-state index in [0.717, 1.165) is 32.1 Å². The quantitative estimate of drug-likeness (QED) is 0.570. The van der Waals surface area contributed by atoms with E-state index < -0.39 is 34.0 Å². The molecule has 0 bridgehead atoms. The fourth-order valence-electron chi connectivity index (χ4n) is 3.42. The second-order valence-corrected chi connectivity index (χ2v) is 10.6. The Hall–Kier alpha value is -2.37. The molecule has 168 valence electrons. The third kappa shape index (κ3) is 4.69. The highest BCUT2D eigenvalue weighted by Crippen LogP contribution is 2.35. The lowest BCUT2D eigenvalue weighted by Gasteiger charge is -2.35. The number of likely N-dealkylation sites (N-methyl/N-ethyl adjacent to an activating group) is 1. The normalized spacial score (nSPS) is 20.8. The number of thiophene rings is 1. The van der Waals surface area contributed by atoms with E-state index in [0.29, 0.717) is 0 Å². The predicted octanol–water partition coefficient (Wildman–Crippen LogP) is 4.13. The van der Waals surface area contributed by atoms with Gasteiger partial charge in [0.2, 0.25) is 5.91 Å². The van der Waals surface area contributed by atoms with Crippen LogP contribution in [0, 0.1) is 12.7 Å². The van der Waals surface area contributed by atoms with Crippen molar-refractivity contribution in [1.29, 1.82) is 0 Å². The Labute approximate surface area is 194 Å². The topological polar surface area (TPSA) is 91.4 Å². The number of hydrogen-bond donors (Lipinski definition) is 2. The Kier molecular flexibility index (Phi) is 6.33. The van der Waals surface area contributed by atoms with E-state index in [1.54, 1.807) is 6.20 Å². The summed E-state index contributed by atoms with van der Waals surface area (Å²) < 4.78 is 42.4. The van der Waals surface area contributed by atoms with Crippen molar-refractivity contribution in [3.63, 3.8) is 0 Å². The van der Waals surface area contributed by atoms with E-state index in [9.17, 15) is 17.6 Å². The van der Waals surface area contributed by atoms with Gasteiger partial charge in [-0.1, -0.05) is 17.7 Å². The number of carbonyl (C=O) groups is 1. The first-order chi connectivity index (χ1) is 15.1. The van der Waals surface area contributed by atoms with Crippen molar-refractivity contribution in [2.24, 2.45) is 0 Å². The van der Waals surface area contributed by atoms with Crippen molar-refractivity contribution in [3.05, 3.63) is 69.4 Å². The minimum absolute atomic E-state index is 0.135. The van der Waals surface area contributed by atoms with Gasteiger partial charge in [0.1, 0.15) is 11.9 Å². The van der Waals surface area contributed by atoms with Gasteiger partial charge < -0.3 is 5.32 Å². The molecule has 1 aliphatic rings. The van der Waals surface area contributed by atoms with E-state index in [1.165, 1.54) is 30.5 Å². The first-order valence-corrected chi connectivity index (χ1v) is 12.4. The van der Waals surface area contributed by atoms with E-state index in [1.807, 2.05) is 30.5 Å². The summed E-state index contributed by atoms with van der Waals surface area (Å²) in [4.78, 5) is 18.0. The Bertz CT molecular complexity index is 1260. The van der Waals surface area contributed by atoms with Gasteiger partial charge in [-0.25, -0.2) is 4.39 Å². The summed E-state index contributed by atoms with van der Waals surface area (Å²) in [6.07, 6.45) is 1.99. The SMILES string of the molecule is Cc1ccc(-c2csc([C@@H]3C[C@H](C(=O)Nc4ccc(F)c(Cl)c4)N(C)S(=O)(=O)N3)c2)cn1. The molecule has 2 N–H and O–H groups in total. The Balaban J connectivity index is 1.56. The molecule has 11 heteroatoms. The second kappa shape index (κ2) is 8.87. The van der Waals surface area contributed by atoms with Gasteiger partial charge in [0, 0.05) is 35.1 Å². The number of amides is 1. The molecule has 7 nitrogen and oxygen atoms in total. The largest absolute Gasteiger partial charge is 0.325 e. The standard InChI is InChI=1S/C21H20ClFN4O3S2/c1-12-3-4-13(10-24-12)14-7-20(31-11-14)18-9-19(27(2)32(29,30)26-18)21(28)25-15-5-6-17(23)16(22)8-15/h3-8,10-11,18-19,26H,9H2,1-2H3,(H,25,28)/t18-,19+/m0/s1. The van der Waals surface area contributed by atoms with Gasteiger partial charge in [0.25, 0.3) is 10.2 Å². The molecule has 3 heterocycles. The number of carbonyl (C=O) groups excluding carboxylic acids is 1. The molecule has 32 heavy (non-hydrogen) atoms. The zero-order chi connectivity index (χ0) is 23.0. The minimum Gasteiger partial charge on any atom is -0.325 e. The number of halogens is 2. The van der Waals surface area contributed by atoms with Gasteiger partial charge >= 0.3 is 0 Å². The molecule has 0 aliphatic carbocycles. The summed E-state index contributed by atoms with van der Waals surface area (Å²) >= 11 is 7.19. The van der Waals surface area contributed by atoms with Gasteiger partial charge in [-0.3, -0.25) is 9.78 Å². The van der Waals surface area contributed by atoms with Gasteiger partial charge in [-0.15, -0.1) is 11.3 Å². The number of hydrogen-bond acceptors (Lipinski definition) is 5. The summed E-state index contributed by atoms with van der Waals surface area (Å²) in [6.45, 7) is 1.90. The molecule has 0 spiro atoms. The maximum absolute atomic E-state index is 13.4. The highest BCUT2D eigenvalue weighted by atomic mass is 35.5. The third-order valence-electron chi connectivity index (χ3n) is 5.27.